The maximum absolute atomic E-state index is 12.0. The van der Waals surface area contributed by atoms with Gasteiger partial charge in [0.05, 0.1) is 24.0 Å². The predicted octanol–water partition coefficient (Wildman–Crippen LogP) is 3.69. The highest BCUT2D eigenvalue weighted by Crippen LogP contribution is 2.19. The molecule has 1 N–H and O–H groups in total. The van der Waals surface area contributed by atoms with Crippen LogP contribution in [0, 0.1) is 16.0 Å². The van der Waals surface area contributed by atoms with Crippen molar-refractivity contribution in [3.63, 3.8) is 0 Å². The fourth-order valence-electron chi connectivity index (χ4n) is 3.16. The Labute approximate surface area is 199 Å². The third-order valence-electron chi connectivity index (χ3n) is 4.78. The number of nitrogens with one attached hydrogen (secondary N) is 1. The number of halogens is 1. The number of likely N-dealkylation sites (tertiary alicyclic amines) is 1. The zero-order valence-corrected chi connectivity index (χ0v) is 20.7. The summed E-state index contributed by atoms with van der Waals surface area (Å²) in [6.07, 6.45) is 4.63. The molecule has 10 heteroatoms. The van der Waals surface area contributed by atoms with Gasteiger partial charge >= 0.3 is 5.97 Å². The van der Waals surface area contributed by atoms with E-state index in [2.05, 4.69) is 16.5 Å². The molecule has 30 heavy (non-hydrogen) atoms. The van der Waals surface area contributed by atoms with Gasteiger partial charge in [0.2, 0.25) is 0 Å². The number of esters is 1. The van der Waals surface area contributed by atoms with Crippen LogP contribution in [0.25, 0.3) is 0 Å². The van der Waals surface area contributed by atoms with Crippen LogP contribution in [0.4, 0.5) is 5.69 Å². The van der Waals surface area contributed by atoms with Crippen LogP contribution in [0.3, 0.4) is 0 Å². The summed E-state index contributed by atoms with van der Waals surface area (Å²) in [7, 11) is 0. The quantitative estimate of drug-likeness (QED) is 0.0953. The van der Waals surface area contributed by atoms with E-state index in [4.69, 9.17) is 9.73 Å². The lowest BCUT2D eigenvalue weighted by Gasteiger charge is -2.33. The fraction of sp³-hybridized carbons (Fsp3) is 0.600. The van der Waals surface area contributed by atoms with E-state index in [1.54, 1.807) is 12.1 Å². The molecule has 168 valence electrons. The van der Waals surface area contributed by atoms with Crippen molar-refractivity contribution in [2.24, 2.45) is 10.9 Å². The number of hydrogen-bond acceptors (Lipinski definition) is 6. The monoisotopic (exact) mass is 550 g/mol. The van der Waals surface area contributed by atoms with Gasteiger partial charge in [0.15, 0.2) is 5.96 Å². The minimum atomic E-state index is -0.403. The first-order chi connectivity index (χ1) is 14.0. The molecule has 0 atom stereocenters. The third kappa shape index (κ3) is 8.66. The molecule has 1 saturated heterocycles. The number of ether oxygens (including phenoxy) is 1. The van der Waals surface area contributed by atoms with Crippen molar-refractivity contribution >= 4 is 53.4 Å². The number of carbonyl (C=O) groups is 1. The molecular formula is C20H31IN4O4S. The van der Waals surface area contributed by atoms with E-state index < -0.39 is 4.92 Å². The lowest BCUT2D eigenvalue weighted by atomic mass is 9.97. The van der Waals surface area contributed by atoms with Crippen LogP contribution in [0.15, 0.2) is 29.3 Å². The zero-order chi connectivity index (χ0) is 21.1. The average molecular weight is 550 g/mol. The molecule has 0 amide bonds. The maximum Gasteiger partial charge on any atom is 0.309 e. The smallest absolute Gasteiger partial charge is 0.309 e. The molecule has 0 radical (unpaired) electrons. The second-order valence-corrected chi connectivity index (χ2v) is 7.84. The van der Waals surface area contributed by atoms with Crippen molar-refractivity contribution < 1.29 is 14.5 Å². The molecule has 1 heterocycles. The summed E-state index contributed by atoms with van der Waals surface area (Å²) in [6, 6.07) is 6.47. The first kappa shape index (κ1) is 26.5. The molecule has 0 saturated carbocycles. The molecule has 1 fully saturated rings. The van der Waals surface area contributed by atoms with Crippen LogP contribution < -0.4 is 5.32 Å². The normalized spacial score (nSPS) is 14.7. The standard InChI is InChI=1S/C20H30N4O4S.HI/c1-3-28-19(25)17-9-12-23(13-10-17)20(21-11-4-14-29-2)22-15-16-5-7-18(8-6-16)24(26)27;/h5-8,17H,3-4,9-15H2,1-2H3,(H,21,22);1H. The van der Waals surface area contributed by atoms with Crippen LogP contribution in [-0.2, 0) is 16.1 Å². The van der Waals surface area contributed by atoms with Gasteiger partial charge in [-0.1, -0.05) is 12.1 Å². The van der Waals surface area contributed by atoms with Crippen LogP contribution in [-0.4, -0.2) is 60.0 Å². The summed E-state index contributed by atoms with van der Waals surface area (Å²) in [6.45, 7) is 5.01. The van der Waals surface area contributed by atoms with E-state index in [1.165, 1.54) is 12.1 Å². The highest BCUT2D eigenvalue weighted by atomic mass is 127. The first-order valence-electron chi connectivity index (χ1n) is 9.97. The molecule has 8 nitrogen and oxygen atoms in total. The van der Waals surface area contributed by atoms with E-state index in [0.717, 1.165) is 56.2 Å². The van der Waals surface area contributed by atoms with Crippen molar-refractivity contribution in [3.05, 3.63) is 39.9 Å². The van der Waals surface area contributed by atoms with Gasteiger partial charge in [-0.05, 0) is 43.8 Å². The SMILES string of the molecule is CCOC(=O)C1CCN(C(=NCc2ccc([N+](=O)[O-])cc2)NCCCSC)CC1.I. The Morgan fingerprint density at radius 2 is 2.00 bits per heavy atom. The van der Waals surface area contributed by atoms with Crippen LogP contribution in [0.5, 0.6) is 0 Å². The number of rotatable bonds is 9. The Morgan fingerprint density at radius 3 is 2.57 bits per heavy atom. The Bertz CT molecular complexity index is 695. The number of aliphatic imine (C=N–C) groups is 1. The molecule has 0 aliphatic carbocycles. The average Bonchev–Trinajstić information content (AvgIpc) is 2.74. The van der Waals surface area contributed by atoms with Gasteiger partial charge < -0.3 is 15.0 Å². The molecule has 1 aromatic carbocycles. The number of guanidine groups is 1. The van der Waals surface area contributed by atoms with E-state index in [1.807, 2.05) is 18.7 Å². The topological polar surface area (TPSA) is 97.1 Å². The van der Waals surface area contributed by atoms with Gasteiger partial charge in [0.1, 0.15) is 0 Å². The molecule has 1 aliphatic heterocycles. The lowest BCUT2D eigenvalue weighted by Crippen LogP contribution is -2.47. The molecule has 0 spiro atoms. The number of benzene rings is 1. The molecule has 1 aromatic rings. The lowest BCUT2D eigenvalue weighted by molar-refractivity contribution is -0.384. The van der Waals surface area contributed by atoms with E-state index in [9.17, 15) is 14.9 Å². The summed E-state index contributed by atoms with van der Waals surface area (Å²) in [5, 5.41) is 14.2. The summed E-state index contributed by atoms with van der Waals surface area (Å²) >= 11 is 1.81. The number of nitro groups is 1. The second-order valence-electron chi connectivity index (χ2n) is 6.85. The Morgan fingerprint density at radius 1 is 1.33 bits per heavy atom. The molecule has 2 rings (SSSR count). The van der Waals surface area contributed by atoms with Crippen molar-refractivity contribution in [2.75, 3.05) is 38.2 Å². The molecule has 0 bridgehead atoms. The minimum Gasteiger partial charge on any atom is -0.466 e. The van der Waals surface area contributed by atoms with Crippen molar-refractivity contribution in [1.29, 1.82) is 0 Å². The number of thioether (sulfide) groups is 1. The zero-order valence-electron chi connectivity index (χ0n) is 17.5. The number of piperidine rings is 1. The number of carbonyl (C=O) groups excluding carboxylic acids is 1. The maximum atomic E-state index is 12.0. The summed E-state index contributed by atoms with van der Waals surface area (Å²) in [5.41, 5.74) is 0.995. The van der Waals surface area contributed by atoms with Crippen LogP contribution in [0.2, 0.25) is 0 Å². The van der Waals surface area contributed by atoms with Gasteiger partial charge in [0, 0.05) is 31.8 Å². The second kappa shape index (κ2) is 14.4. The van der Waals surface area contributed by atoms with Crippen molar-refractivity contribution in [2.45, 2.75) is 32.7 Å². The minimum absolute atomic E-state index is 0. The Hall–Kier alpha value is -1.56. The van der Waals surface area contributed by atoms with Gasteiger partial charge in [-0.3, -0.25) is 14.9 Å². The number of nitrogens with zero attached hydrogens (tertiary/aromatic N) is 3. The predicted molar refractivity (Wildman–Crippen MR) is 132 cm³/mol. The number of nitro benzene ring substituents is 1. The highest BCUT2D eigenvalue weighted by molar-refractivity contribution is 14.0. The summed E-state index contributed by atoms with van der Waals surface area (Å²) in [4.78, 5) is 29.3. The van der Waals surface area contributed by atoms with Gasteiger partial charge in [-0.2, -0.15) is 11.8 Å². The number of non-ortho nitro benzene ring substituents is 1. The van der Waals surface area contributed by atoms with E-state index in [0.29, 0.717) is 13.2 Å². The fourth-order valence-corrected chi connectivity index (χ4v) is 3.59. The molecule has 1 aliphatic rings. The Balaban J connectivity index is 0.00000450. The van der Waals surface area contributed by atoms with Crippen molar-refractivity contribution in [3.8, 4) is 0 Å². The van der Waals surface area contributed by atoms with Crippen LogP contribution >= 0.6 is 35.7 Å². The highest BCUT2D eigenvalue weighted by Gasteiger charge is 2.27. The molecular weight excluding hydrogens is 519 g/mol. The summed E-state index contributed by atoms with van der Waals surface area (Å²) < 4.78 is 5.15. The van der Waals surface area contributed by atoms with Gasteiger partial charge in [-0.15, -0.1) is 24.0 Å². The summed E-state index contributed by atoms with van der Waals surface area (Å²) in [5.74, 6) is 1.75. The molecule has 0 unspecified atom stereocenters. The Kier molecular flexibility index (Phi) is 12.7. The third-order valence-corrected chi connectivity index (χ3v) is 5.48. The van der Waals surface area contributed by atoms with E-state index >= 15 is 0 Å². The molecule has 0 aromatic heterocycles. The van der Waals surface area contributed by atoms with Gasteiger partial charge in [0.25, 0.3) is 5.69 Å². The number of hydrogen-bond donors (Lipinski definition) is 1. The first-order valence-corrected chi connectivity index (χ1v) is 11.4. The van der Waals surface area contributed by atoms with Crippen LogP contribution in [0.1, 0.15) is 31.7 Å². The van der Waals surface area contributed by atoms with Crippen molar-refractivity contribution in [1.82, 2.24) is 10.2 Å². The van der Waals surface area contributed by atoms with E-state index in [-0.39, 0.29) is 41.6 Å². The van der Waals surface area contributed by atoms with Gasteiger partial charge in [-0.25, -0.2) is 4.99 Å². The largest absolute Gasteiger partial charge is 0.466 e.